The van der Waals surface area contributed by atoms with Crippen molar-refractivity contribution < 1.29 is 4.79 Å². The van der Waals surface area contributed by atoms with Crippen molar-refractivity contribution in [1.82, 2.24) is 25.1 Å². The summed E-state index contributed by atoms with van der Waals surface area (Å²) in [6.07, 6.45) is 0. The lowest BCUT2D eigenvalue weighted by atomic mass is 10.2. The first-order valence-electron chi connectivity index (χ1n) is 8.17. The summed E-state index contributed by atoms with van der Waals surface area (Å²) >= 11 is 12.7. The molecule has 0 aliphatic rings. The molecule has 0 unspecified atom stereocenters. The number of hydrogen-bond donors (Lipinski definition) is 2. The molecule has 140 valence electrons. The van der Waals surface area contributed by atoms with Gasteiger partial charge in [-0.2, -0.15) is 9.61 Å². The Balaban J connectivity index is 1.55. The van der Waals surface area contributed by atoms with Crippen molar-refractivity contribution >= 4 is 56.8 Å². The molecule has 0 saturated heterocycles. The highest BCUT2D eigenvalue weighted by Crippen LogP contribution is 2.31. The number of benzene rings is 2. The molecule has 28 heavy (non-hydrogen) atoms. The smallest absolute Gasteiger partial charge is 0.257 e. The molecule has 10 heteroatoms. The van der Waals surface area contributed by atoms with Gasteiger partial charge in [0.05, 0.1) is 5.69 Å². The third-order valence-electron chi connectivity index (χ3n) is 3.87. The van der Waals surface area contributed by atoms with Gasteiger partial charge in [-0.15, -0.1) is 10.2 Å². The van der Waals surface area contributed by atoms with Gasteiger partial charge in [0.25, 0.3) is 5.91 Å². The maximum atomic E-state index is 12.3. The molecule has 0 radical (unpaired) electrons. The molecule has 0 spiro atoms. The predicted octanol–water partition coefficient (Wildman–Crippen LogP) is 3.94. The van der Waals surface area contributed by atoms with Gasteiger partial charge in [0.2, 0.25) is 4.96 Å². The minimum absolute atomic E-state index is 0.177. The first kappa shape index (κ1) is 18.5. The molecule has 0 aliphatic carbocycles. The molecular formula is C18H13ClN6OS2. The largest absolute Gasteiger partial charge is 0.332 e. The molecule has 0 atom stereocenters. The van der Waals surface area contributed by atoms with Crippen molar-refractivity contribution in [2.24, 2.45) is 0 Å². The van der Waals surface area contributed by atoms with E-state index in [4.69, 9.17) is 23.8 Å². The lowest BCUT2D eigenvalue weighted by Crippen LogP contribution is -2.34. The number of hydrogen-bond acceptors (Lipinski definition) is 6. The van der Waals surface area contributed by atoms with E-state index >= 15 is 0 Å². The van der Waals surface area contributed by atoms with E-state index in [-0.39, 0.29) is 11.0 Å². The summed E-state index contributed by atoms with van der Waals surface area (Å²) in [7, 11) is 0. The number of carbonyl (C=O) groups excluding carboxylic acids is 1. The molecule has 0 fully saturated rings. The second-order valence-corrected chi connectivity index (χ2v) is 7.61. The Hall–Kier alpha value is -2.88. The fourth-order valence-corrected chi connectivity index (χ4v) is 3.88. The van der Waals surface area contributed by atoms with Crippen LogP contribution in [-0.4, -0.2) is 30.8 Å². The Kier molecular flexibility index (Phi) is 5.03. The number of halogens is 1. The number of carbonyl (C=O) groups is 1. The molecule has 2 heterocycles. The van der Waals surface area contributed by atoms with Gasteiger partial charge in [-0.3, -0.25) is 10.1 Å². The lowest BCUT2D eigenvalue weighted by molar-refractivity contribution is 0.0977. The third-order valence-corrected chi connectivity index (χ3v) is 5.24. The van der Waals surface area contributed by atoms with Crippen LogP contribution in [0.1, 0.15) is 16.2 Å². The van der Waals surface area contributed by atoms with E-state index in [2.05, 4.69) is 25.9 Å². The highest BCUT2D eigenvalue weighted by Gasteiger charge is 2.15. The first-order chi connectivity index (χ1) is 13.5. The third kappa shape index (κ3) is 3.72. The number of anilines is 1. The maximum Gasteiger partial charge on any atom is 0.257 e. The Bertz CT molecular complexity index is 1200. The van der Waals surface area contributed by atoms with Crippen LogP contribution in [0.4, 0.5) is 5.69 Å². The SMILES string of the molecule is Cc1nnc2sc(-c3ccccc3NC(=S)NC(=O)c3cccc(Cl)c3)nn12. The van der Waals surface area contributed by atoms with Gasteiger partial charge in [-0.1, -0.05) is 41.1 Å². The number of amides is 1. The van der Waals surface area contributed by atoms with Crippen LogP contribution in [0.2, 0.25) is 5.02 Å². The Labute approximate surface area is 174 Å². The van der Waals surface area contributed by atoms with Crippen LogP contribution in [-0.2, 0) is 0 Å². The van der Waals surface area contributed by atoms with Gasteiger partial charge in [0.15, 0.2) is 10.9 Å². The molecular weight excluding hydrogens is 416 g/mol. The molecule has 7 nitrogen and oxygen atoms in total. The topological polar surface area (TPSA) is 84.2 Å². The predicted molar refractivity (Wildman–Crippen MR) is 114 cm³/mol. The fraction of sp³-hybridized carbons (Fsp3) is 0.0556. The first-order valence-corrected chi connectivity index (χ1v) is 9.77. The fourth-order valence-electron chi connectivity index (χ4n) is 2.56. The van der Waals surface area contributed by atoms with Crippen LogP contribution < -0.4 is 10.6 Å². The van der Waals surface area contributed by atoms with E-state index in [1.54, 1.807) is 28.8 Å². The minimum Gasteiger partial charge on any atom is -0.332 e. The second kappa shape index (κ2) is 7.63. The van der Waals surface area contributed by atoms with Crippen LogP contribution in [0.3, 0.4) is 0 Å². The molecule has 0 bridgehead atoms. The standard InChI is InChI=1S/C18H13ClN6OS2/c1-10-22-23-18-25(10)24-16(28-18)13-7-2-3-8-14(13)20-17(27)21-15(26)11-5-4-6-12(19)9-11/h2-9H,1H3,(H2,20,21,26,27). The average Bonchev–Trinajstić information content (AvgIpc) is 3.24. The van der Waals surface area contributed by atoms with E-state index in [9.17, 15) is 4.79 Å². The van der Waals surface area contributed by atoms with Crippen LogP contribution in [0.5, 0.6) is 0 Å². The minimum atomic E-state index is -0.341. The Morgan fingerprint density at radius 2 is 2.00 bits per heavy atom. The molecule has 2 aromatic carbocycles. The van der Waals surface area contributed by atoms with Gasteiger partial charge in [0, 0.05) is 16.1 Å². The molecule has 2 aromatic heterocycles. The summed E-state index contributed by atoms with van der Waals surface area (Å²) in [6, 6.07) is 14.2. The number of aryl methyl sites for hydroxylation is 1. The van der Waals surface area contributed by atoms with Crippen molar-refractivity contribution in [1.29, 1.82) is 0 Å². The Morgan fingerprint density at radius 3 is 2.79 bits per heavy atom. The van der Waals surface area contributed by atoms with Crippen LogP contribution >= 0.6 is 35.2 Å². The zero-order chi connectivity index (χ0) is 19.7. The van der Waals surface area contributed by atoms with E-state index in [1.807, 2.05) is 31.2 Å². The summed E-state index contributed by atoms with van der Waals surface area (Å²) in [5, 5.41) is 19.8. The van der Waals surface area contributed by atoms with Crippen LogP contribution in [0, 0.1) is 6.92 Å². The lowest BCUT2D eigenvalue weighted by Gasteiger charge is -2.12. The summed E-state index contributed by atoms with van der Waals surface area (Å²) in [5.41, 5.74) is 1.99. The van der Waals surface area contributed by atoms with Gasteiger partial charge in [0.1, 0.15) is 5.01 Å². The monoisotopic (exact) mass is 428 g/mol. The van der Waals surface area contributed by atoms with Gasteiger partial charge in [-0.25, -0.2) is 0 Å². The molecule has 0 aliphatic heterocycles. The van der Waals surface area contributed by atoms with Gasteiger partial charge >= 0.3 is 0 Å². The summed E-state index contributed by atoms with van der Waals surface area (Å²) in [4.78, 5) is 13.1. The number of para-hydroxylation sites is 1. The van der Waals surface area contributed by atoms with Crippen molar-refractivity contribution in [3.63, 3.8) is 0 Å². The number of nitrogens with zero attached hydrogens (tertiary/aromatic N) is 4. The highest BCUT2D eigenvalue weighted by atomic mass is 35.5. The van der Waals surface area contributed by atoms with E-state index in [1.165, 1.54) is 11.3 Å². The summed E-state index contributed by atoms with van der Waals surface area (Å²) in [6.45, 7) is 1.84. The van der Waals surface area contributed by atoms with E-state index in [0.29, 0.717) is 21.4 Å². The number of nitrogens with one attached hydrogen (secondary N) is 2. The van der Waals surface area contributed by atoms with E-state index in [0.717, 1.165) is 16.3 Å². The number of aromatic nitrogens is 4. The van der Waals surface area contributed by atoms with Crippen molar-refractivity contribution in [3.8, 4) is 10.6 Å². The number of rotatable bonds is 3. The van der Waals surface area contributed by atoms with Crippen molar-refractivity contribution in [2.45, 2.75) is 6.92 Å². The molecule has 2 N–H and O–H groups in total. The molecule has 0 saturated carbocycles. The normalized spacial score (nSPS) is 10.8. The van der Waals surface area contributed by atoms with Gasteiger partial charge in [-0.05, 0) is 49.5 Å². The molecule has 1 amide bonds. The van der Waals surface area contributed by atoms with Gasteiger partial charge < -0.3 is 5.32 Å². The average molecular weight is 429 g/mol. The van der Waals surface area contributed by atoms with Crippen molar-refractivity contribution in [2.75, 3.05) is 5.32 Å². The van der Waals surface area contributed by atoms with E-state index < -0.39 is 0 Å². The molecule has 4 aromatic rings. The second-order valence-electron chi connectivity index (χ2n) is 5.81. The zero-order valence-corrected chi connectivity index (χ0v) is 16.9. The van der Waals surface area contributed by atoms with Crippen LogP contribution in [0.15, 0.2) is 48.5 Å². The number of thiocarbonyl (C=S) groups is 1. The van der Waals surface area contributed by atoms with Crippen LogP contribution in [0.25, 0.3) is 15.5 Å². The van der Waals surface area contributed by atoms with Crippen molar-refractivity contribution in [3.05, 3.63) is 64.9 Å². The summed E-state index contributed by atoms with van der Waals surface area (Å²) < 4.78 is 1.69. The summed E-state index contributed by atoms with van der Waals surface area (Å²) in [5.74, 6) is 0.374. The quantitative estimate of drug-likeness (QED) is 0.481. The molecule has 4 rings (SSSR count). The zero-order valence-electron chi connectivity index (χ0n) is 14.5. The number of fused-ring (bicyclic) bond motifs is 1. The highest BCUT2D eigenvalue weighted by molar-refractivity contribution is 7.80. The maximum absolute atomic E-state index is 12.3. The Morgan fingerprint density at radius 1 is 1.18 bits per heavy atom.